The second-order valence-corrected chi connectivity index (χ2v) is 4.59. The lowest BCUT2D eigenvalue weighted by Crippen LogP contribution is -2.30. The predicted molar refractivity (Wildman–Crippen MR) is 71.2 cm³/mol. The Kier molecular flexibility index (Phi) is 3.54. The summed E-state index contributed by atoms with van der Waals surface area (Å²) in [5, 5.41) is 13.8. The maximum Gasteiger partial charge on any atom is 0.156 e. The Bertz CT molecular complexity index is 490. The van der Waals surface area contributed by atoms with Crippen molar-refractivity contribution in [3.63, 3.8) is 0 Å². The zero-order chi connectivity index (χ0) is 12.3. The van der Waals surface area contributed by atoms with Crippen LogP contribution in [0.25, 0.3) is 10.8 Å². The molecule has 1 aromatic carbocycles. The standard InChI is InChI=1S/C13H18N4/c1-10(9-17(2)3)15-13-12-7-5-4-6-11(12)8-14-16-13/h4-8,10H,9H2,1-3H3,(H,15,16). The third kappa shape index (κ3) is 2.91. The van der Waals surface area contributed by atoms with E-state index in [1.54, 1.807) is 6.20 Å². The van der Waals surface area contributed by atoms with Gasteiger partial charge in [0.1, 0.15) is 0 Å². The topological polar surface area (TPSA) is 41.0 Å². The first-order valence-corrected chi connectivity index (χ1v) is 5.78. The van der Waals surface area contributed by atoms with Crippen LogP contribution in [-0.2, 0) is 0 Å². The predicted octanol–water partition coefficient (Wildman–Crippen LogP) is 1.99. The van der Waals surface area contributed by atoms with Gasteiger partial charge in [-0.3, -0.25) is 0 Å². The van der Waals surface area contributed by atoms with E-state index in [1.807, 2.05) is 18.2 Å². The van der Waals surface area contributed by atoms with Crippen LogP contribution in [0.4, 0.5) is 5.82 Å². The fourth-order valence-electron chi connectivity index (χ4n) is 1.96. The molecule has 0 aliphatic carbocycles. The van der Waals surface area contributed by atoms with Gasteiger partial charge in [-0.25, -0.2) is 0 Å². The fourth-order valence-corrected chi connectivity index (χ4v) is 1.96. The lowest BCUT2D eigenvalue weighted by atomic mass is 10.2. The van der Waals surface area contributed by atoms with Crippen LogP contribution in [0, 0.1) is 0 Å². The lowest BCUT2D eigenvalue weighted by Gasteiger charge is -2.19. The van der Waals surface area contributed by atoms with Crippen molar-refractivity contribution < 1.29 is 0 Å². The molecule has 1 atom stereocenters. The van der Waals surface area contributed by atoms with Gasteiger partial charge in [-0.1, -0.05) is 24.3 Å². The number of hydrogen-bond acceptors (Lipinski definition) is 4. The van der Waals surface area contributed by atoms with Crippen LogP contribution in [0.2, 0.25) is 0 Å². The molecule has 0 saturated carbocycles. The maximum atomic E-state index is 4.17. The molecular formula is C13H18N4. The lowest BCUT2D eigenvalue weighted by molar-refractivity contribution is 0.392. The molecule has 0 spiro atoms. The number of fused-ring (bicyclic) bond motifs is 1. The quantitative estimate of drug-likeness (QED) is 0.872. The molecule has 17 heavy (non-hydrogen) atoms. The van der Waals surface area contributed by atoms with Crippen molar-refractivity contribution in [1.29, 1.82) is 0 Å². The monoisotopic (exact) mass is 230 g/mol. The van der Waals surface area contributed by atoms with E-state index in [0.29, 0.717) is 6.04 Å². The Morgan fingerprint density at radius 1 is 1.29 bits per heavy atom. The summed E-state index contributed by atoms with van der Waals surface area (Å²) in [4.78, 5) is 2.15. The van der Waals surface area contributed by atoms with Crippen LogP contribution in [0.15, 0.2) is 30.5 Å². The van der Waals surface area contributed by atoms with Gasteiger partial charge >= 0.3 is 0 Å². The molecule has 0 saturated heterocycles. The Balaban J connectivity index is 2.24. The first-order valence-electron chi connectivity index (χ1n) is 5.78. The SMILES string of the molecule is CC(CN(C)C)Nc1nncc2ccccc12. The number of aromatic nitrogens is 2. The summed E-state index contributed by atoms with van der Waals surface area (Å²) >= 11 is 0. The average molecular weight is 230 g/mol. The van der Waals surface area contributed by atoms with Gasteiger partial charge in [0.05, 0.1) is 6.20 Å². The highest BCUT2D eigenvalue weighted by atomic mass is 15.2. The third-order valence-corrected chi connectivity index (χ3v) is 2.59. The molecule has 0 bridgehead atoms. The van der Waals surface area contributed by atoms with Crippen molar-refractivity contribution in [2.75, 3.05) is 26.0 Å². The van der Waals surface area contributed by atoms with Crippen molar-refractivity contribution in [3.8, 4) is 0 Å². The minimum atomic E-state index is 0.338. The minimum Gasteiger partial charge on any atom is -0.364 e. The van der Waals surface area contributed by atoms with E-state index in [-0.39, 0.29) is 0 Å². The number of nitrogens with zero attached hydrogens (tertiary/aromatic N) is 3. The largest absolute Gasteiger partial charge is 0.364 e. The normalized spacial score (nSPS) is 12.9. The third-order valence-electron chi connectivity index (χ3n) is 2.59. The van der Waals surface area contributed by atoms with E-state index in [9.17, 15) is 0 Å². The summed E-state index contributed by atoms with van der Waals surface area (Å²) in [6, 6.07) is 8.48. The molecule has 0 aliphatic rings. The van der Waals surface area contributed by atoms with E-state index in [1.165, 1.54) is 0 Å². The van der Waals surface area contributed by atoms with E-state index in [2.05, 4.69) is 47.5 Å². The summed E-state index contributed by atoms with van der Waals surface area (Å²) in [5.74, 6) is 0.859. The summed E-state index contributed by atoms with van der Waals surface area (Å²) in [6.07, 6.45) is 1.79. The number of likely N-dealkylation sites (N-methyl/N-ethyl adjacent to an activating group) is 1. The van der Waals surface area contributed by atoms with Crippen LogP contribution in [0.3, 0.4) is 0 Å². The minimum absolute atomic E-state index is 0.338. The second-order valence-electron chi connectivity index (χ2n) is 4.59. The maximum absolute atomic E-state index is 4.17. The highest BCUT2D eigenvalue weighted by molar-refractivity contribution is 5.90. The zero-order valence-electron chi connectivity index (χ0n) is 10.5. The summed E-state index contributed by atoms with van der Waals surface area (Å²) < 4.78 is 0. The van der Waals surface area contributed by atoms with Crippen molar-refractivity contribution >= 4 is 16.6 Å². The van der Waals surface area contributed by atoms with Gasteiger partial charge in [0.25, 0.3) is 0 Å². The van der Waals surface area contributed by atoms with E-state index < -0.39 is 0 Å². The number of hydrogen-bond donors (Lipinski definition) is 1. The van der Waals surface area contributed by atoms with Gasteiger partial charge in [-0.2, -0.15) is 5.10 Å². The average Bonchev–Trinajstić information content (AvgIpc) is 2.28. The molecule has 1 aromatic heterocycles. The molecule has 1 N–H and O–H groups in total. The Morgan fingerprint density at radius 2 is 2.06 bits per heavy atom. The van der Waals surface area contributed by atoms with Crippen LogP contribution in [0.1, 0.15) is 6.92 Å². The Morgan fingerprint density at radius 3 is 2.82 bits per heavy atom. The van der Waals surface area contributed by atoms with Gasteiger partial charge in [-0.05, 0) is 21.0 Å². The molecule has 0 radical (unpaired) electrons. The van der Waals surface area contributed by atoms with Gasteiger partial charge in [0, 0.05) is 23.4 Å². The highest BCUT2D eigenvalue weighted by Gasteiger charge is 2.07. The van der Waals surface area contributed by atoms with Gasteiger partial charge in [0.2, 0.25) is 0 Å². The first-order chi connectivity index (χ1) is 8.16. The van der Waals surface area contributed by atoms with Crippen molar-refractivity contribution in [2.45, 2.75) is 13.0 Å². The number of rotatable bonds is 4. The molecule has 4 heteroatoms. The molecule has 2 aromatic rings. The molecular weight excluding hydrogens is 212 g/mol. The Labute approximate surface area is 102 Å². The van der Waals surface area contributed by atoms with Gasteiger partial charge in [0.15, 0.2) is 5.82 Å². The van der Waals surface area contributed by atoms with Crippen molar-refractivity contribution in [1.82, 2.24) is 15.1 Å². The highest BCUT2D eigenvalue weighted by Crippen LogP contribution is 2.19. The van der Waals surface area contributed by atoms with Crippen LogP contribution < -0.4 is 5.32 Å². The zero-order valence-corrected chi connectivity index (χ0v) is 10.5. The van der Waals surface area contributed by atoms with Crippen molar-refractivity contribution in [3.05, 3.63) is 30.5 Å². The van der Waals surface area contributed by atoms with E-state index >= 15 is 0 Å². The first kappa shape index (κ1) is 11.8. The Hall–Kier alpha value is -1.68. The number of benzene rings is 1. The second kappa shape index (κ2) is 5.10. The molecule has 4 nitrogen and oxygen atoms in total. The summed E-state index contributed by atoms with van der Waals surface area (Å²) in [5.41, 5.74) is 0. The molecule has 2 rings (SSSR count). The van der Waals surface area contributed by atoms with Crippen LogP contribution in [-0.4, -0.2) is 41.8 Å². The van der Waals surface area contributed by atoms with Crippen LogP contribution in [0.5, 0.6) is 0 Å². The summed E-state index contributed by atoms with van der Waals surface area (Å²) in [7, 11) is 4.12. The van der Waals surface area contributed by atoms with Crippen molar-refractivity contribution in [2.24, 2.45) is 0 Å². The van der Waals surface area contributed by atoms with Crippen LogP contribution >= 0.6 is 0 Å². The smallest absolute Gasteiger partial charge is 0.156 e. The fraction of sp³-hybridized carbons (Fsp3) is 0.385. The number of nitrogens with one attached hydrogen (secondary N) is 1. The molecule has 0 amide bonds. The van der Waals surface area contributed by atoms with E-state index in [0.717, 1.165) is 23.1 Å². The molecule has 90 valence electrons. The number of anilines is 1. The molecule has 1 unspecified atom stereocenters. The van der Waals surface area contributed by atoms with Gasteiger partial charge in [-0.15, -0.1) is 5.10 Å². The molecule has 0 aliphatic heterocycles. The van der Waals surface area contributed by atoms with Gasteiger partial charge < -0.3 is 10.2 Å². The summed E-state index contributed by atoms with van der Waals surface area (Å²) in [6.45, 7) is 3.11. The van der Waals surface area contributed by atoms with E-state index in [4.69, 9.17) is 0 Å². The molecule has 0 fully saturated rings. The molecule has 1 heterocycles.